The predicted molar refractivity (Wildman–Crippen MR) is 108 cm³/mol. The number of nitrogens with one attached hydrogen (secondary N) is 1. The molecule has 7 heteroatoms. The molecule has 0 radical (unpaired) electrons. The van der Waals surface area contributed by atoms with Crippen molar-refractivity contribution >= 4 is 11.6 Å². The number of hydrogen-bond acceptors (Lipinski definition) is 5. The number of anilines is 1. The summed E-state index contributed by atoms with van der Waals surface area (Å²) in [7, 11) is 0. The van der Waals surface area contributed by atoms with Crippen molar-refractivity contribution in [3.63, 3.8) is 0 Å². The lowest BCUT2D eigenvalue weighted by atomic mass is 9.98. The van der Waals surface area contributed by atoms with Crippen molar-refractivity contribution in [1.29, 1.82) is 0 Å². The van der Waals surface area contributed by atoms with Crippen LogP contribution in [0.5, 0.6) is 5.75 Å². The van der Waals surface area contributed by atoms with Gasteiger partial charge in [0, 0.05) is 5.69 Å². The highest BCUT2D eigenvalue weighted by Gasteiger charge is 2.13. The molecule has 0 spiro atoms. The van der Waals surface area contributed by atoms with Gasteiger partial charge >= 0.3 is 0 Å². The number of rotatable bonds is 7. The summed E-state index contributed by atoms with van der Waals surface area (Å²) in [5.41, 5.74) is 3.61. The van der Waals surface area contributed by atoms with Gasteiger partial charge in [0.05, 0.1) is 5.69 Å². The van der Waals surface area contributed by atoms with Crippen LogP contribution in [0.1, 0.15) is 43.1 Å². The molecular weight excluding hydrogens is 354 g/mol. The third kappa shape index (κ3) is 4.36. The molecule has 146 valence electrons. The summed E-state index contributed by atoms with van der Waals surface area (Å²) < 4.78 is 7.43. The first-order chi connectivity index (χ1) is 13.5. The second kappa shape index (κ2) is 8.65. The zero-order valence-electron chi connectivity index (χ0n) is 16.6. The molecule has 0 aliphatic rings. The Morgan fingerprint density at radius 1 is 1.21 bits per heavy atom. The Balaban J connectivity index is 1.69. The smallest absolute Gasteiger partial charge is 0.262 e. The van der Waals surface area contributed by atoms with Crippen LogP contribution in [-0.4, -0.2) is 32.7 Å². The van der Waals surface area contributed by atoms with E-state index < -0.39 is 0 Å². The summed E-state index contributed by atoms with van der Waals surface area (Å²) in [5.74, 6) is 1.58. The lowest BCUT2D eigenvalue weighted by Gasteiger charge is -2.16. The molecule has 1 heterocycles. The summed E-state index contributed by atoms with van der Waals surface area (Å²) in [6, 6.07) is 13.5. The molecule has 0 saturated heterocycles. The van der Waals surface area contributed by atoms with Crippen LogP contribution in [0.3, 0.4) is 0 Å². The molecule has 2 aromatic carbocycles. The maximum atomic E-state index is 12.4. The number of hydrogen-bond donors (Lipinski definition) is 1. The Morgan fingerprint density at radius 2 is 2.00 bits per heavy atom. The van der Waals surface area contributed by atoms with Crippen molar-refractivity contribution < 1.29 is 9.53 Å². The van der Waals surface area contributed by atoms with Crippen molar-refractivity contribution in [2.45, 2.75) is 40.0 Å². The SMILES string of the molecule is CCC(C)c1ccccc1OCC(=O)Nc1ccc(C)c(-n2nnnc2C)c1. The number of amides is 1. The van der Waals surface area contributed by atoms with Crippen LogP contribution in [0.25, 0.3) is 5.69 Å². The lowest BCUT2D eigenvalue weighted by Crippen LogP contribution is -2.21. The Morgan fingerprint density at radius 3 is 2.71 bits per heavy atom. The number of benzene rings is 2. The topological polar surface area (TPSA) is 81.9 Å². The van der Waals surface area contributed by atoms with Gasteiger partial charge < -0.3 is 10.1 Å². The average molecular weight is 379 g/mol. The number of tetrazole rings is 1. The highest BCUT2D eigenvalue weighted by Crippen LogP contribution is 2.28. The summed E-state index contributed by atoms with van der Waals surface area (Å²) in [5, 5.41) is 14.5. The molecule has 1 amide bonds. The van der Waals surface area contributed by atoms with Crippen LogP contribution in [0.4, 0.5) is 5.69 Å². The molecule has 28 heavy (non-hydrogen) atoms. The van der Waals surface area contributed by atoms with Gasteiger partial charge in [0.2, 0.25) is 0 Å². The number of para-hydroxylation sites is 1. The van der Waals surface area contributed by atoms with Gasteiger partial charge in [-0.15, -0.1) is 5.10 Å². The molecule has 1 aromatic heterocycles. The lowest BCUT2D eigenvalue weighted by molar-refractivity contribution is -0.118. The van der Waals surface area contributed by atoms with Crippen molar-refractivity contribution in [1.82, 2.24) is 20.2 Å². The first-order valence-electron chi connectivity index (χ1n) is 9.37. The second-order valence-corrected chi connectivity index (χ2v) is 6.82. The number of nitrogens with zero attached hydrogens (tertiary/aromatic N) is 4. The zero-order chi connectivity index (χ0) is 20.1. The van der Waals surface area contributed by atoms with Crippen molar-refractivity contribution in [2.24, 2.45) is 0 Å². The fourth-order valence-corrected chi connectivity index (χ4v) is 2.95. The van der Waals surface area contributed by atoms with Crippen molar-refractivity contribution in [3.05, 3.63) is 59.4 Å². The molecule has 1 N–H and O–H groups in total. The minimum Gasteiger partial charge on any atom is -0.483 e. The van der Waals surface area contributed by atoms with Crippen LogP contribution < -0.4 is 10.1 Å². The van der Waals surface area contributed by atoms with E-state index in [1.165, 1.54) is 0 Å². The van der Waals surface area contributed by atoms with Crippen molar-refractivity contribution in [3.8, 4) is 11.4 Å². The Bertz CT molecular complexity index is 967. The van der Waals surface area contributed by atoms with E-state index in [0.717, 1.165) is 29.0 Å². The van der Waals surface area contributed by atoms with E-state index in [9.17, 15) is 4.79 Å². The van der Waals surface area contributed by atoms with Gasteiger partial charge in [-0.25, -0.2) is 0 Å². The highest BCUT2D eigenvalue weighted by molar-refractivity contribution is 5.92. The van der Waals surface area contributed by atoms with E-state index in [4.69, 9.17) is 4.74 Å². The predicted octanol–water partition coefficient (Wildman–Crippen LogP) is 3.81. The molecule has 0 bridgehead atoms. The number of carbonyl (C=O) groups excluding carboxylic acids is 1. The summed E-state index contributed by atoms with van der Waals surface area (Å²) in [4.78, 5) is 12.4. The Kier molecular flexibility index (Phi) is 6.03. The van der Waals surface area contributed by atoms with E-state index >= 15 is 0 Å². The molecule has 0 saturated carbocycles. The molecule has 3 aromatic rings. The molecule has 0 aliphatic carbocycles. The van der Waals surface area contributed by atoms with E-state index in [0.29, 0.717) is 17.4 Å². The number of aryl methyl sites for hydroxylation is 2. The zero-order valence-corrected chi connectivity index (χ0v) is 16.6. The number of aromatic nitrogens is 4. The summed E-state index contributed by atoms with van der Waals surface area (Å²) in [6.07, 6.45) is 1.01. The van der Waals surface area contributed by atoms with Gasteiger partial charge in [-0.05, 0) is 65.9 Å². The van der Waals surface area contributed by atoms with Gasteiger partial charge in [0.25, 0.3) is 5.91 Å². The quantitative estimate of drug-likeness (QED) is 0.675. The van der Waals surface area contributed by atoms with Gasteiger partial charge in [0.1, 0.15) is 5.75 Å². The molecule has 0 fully saturated rings. The Hall–Kier alpha value is -3.22. The second-order valence-electron chi connectivity index (χ2n) is 6.82. The molecule has 0 aliphatic heterocycles. The molecule has 7 nitrogen and oxygen atoms in total. The number of ether oxygens (including phenoxy) is 1. The molecular formula is C21H25N5O2. The van der Waals surface area contributed by atoms with E-state index in [1.807, 2.05) is 56.3 Å². The first kappa shape index (κ1) is 19.5. The highest BCUT2D eigenvalue weighted by atomic mass is 16.5. The van der Waals surface area contributed by atoms with Crippen LogP contribution in [-0.2, 0) is 4.79 Å². The summed E-state index contributed by atoms with van der Waals surface area (Å²) >= 11 is 0. The minimum atomic E-state index is -0.220. The fraction of sp³-hybridized carbons (Fsp3) is 0.333. The van der Waals surface area contributed by atoms with E-state index in [-0.39, 0.29) is 12.5 Å². The largest absolute Gasteiger partial charge is 0.483 e. The maximum Gasteiger partial charge on any atom is 0.262 e. The van der Waals surface area contributed by atoms with Crippen LogP contribution in [0, 0.1) is 13.8 Å². The molecule has 3 rings (SSSR count). The van der Waals surface area contributed by atoms with Crippen LogP contribution in [0.15, 0.2) is 42.5 Å². The van der Waals surface area contributed by atoms with Gasteiger partial charge in [-0.3, -0.25) is 4.79 Å². The third-order valence-corrected chi connectivity index (χ3v) is 4.77. The van der Waals surface area contributed by atoms with Crippen LogP contribution >= 0.6 is 0 Å². The third-order valence-electron chi connectivity index (χ3n) is 4.77. The standard InChI is InChI=1S/C21H25N5O2/c1-5-14(2)18-8-6-7-9-20(18)28-13-21(27)22-17-11-10-15(3)19(12-17)26-16(4)23-24-25-26/h6-12,14H,5,13H2,1-4H3,(H,22,27). The molecule has 1 atom stereocenters. The average Bonchev–Trinajstić information content (AvgIpc) is 3.13. The normalized spacial score (nSPS) is 11.9. The Labute approximate surface area is 164 Å². The monoisotopic (exact) mass is 379 g/mol. The van der Waals surface area contributed by atoms with Crippen molar-refractivity contribution in [2.75, 3.05) is 11.9 Å². The summed E-state index contributed by atoms with van der Waals surface area (Å²) in [6.45, 7) is 8.03. The van der Waals surface area contributed by atoms with E-state index in [2.05, 4.69) is 34.7 Å². The van der Waals surface area contributed by atoms with Gasteiger partial charge in [-0.2, -0.15) is 4.68 Å². The van der Waals surface area contributed by atoms with Gasteiger partial charge in [-0.1, -0.05) is 38.1 Å². The van der Waals surface area contributed by atoms with E-state index in [1.54, 1.807) is 4.68 Å². The maximum absolute atomic E-state index is 12.4. The number of carbonyl (C=O) groups is 1. The van der Waals surface area contributed by atoms with Gasteiger partial charge in [0.15, 0.2) is 12.4 Å². The fourth-order valence-electron chi connectivity index (χ4n) is 2.95. The first-order valence-corrected chi connectivity index (χ1v) is 9.37. The molecule has 1 unspecified atom stereocenters. The minimum absolute atomic E-state index is 0.0550. The van der Waals surface area contributed by atoms with Crippen LogP contribution in [0.2, 0.25) is 0 Å².